The third kappa shape index (κ3) is 5.46. The molecule has 0 bridgehead atoms. The predicted octanol–water partition coefficient (Wildman–Crippen LogP) is 4.78. The van der Waals surface area contributed by atoms with Crippen molar-refractivity contribution in [2.75, 3.05) is 26.2 Å². The van der Waals surface area contributed by atoms with Gasteiger partial charge in [0.1, 0.15) is 5.76 Å². The largest absolute Gasteiger partial charge is 0.459 e. The lowest BCUT2D eigenvalue weighted by Crippen LogP contribution is -2.37. The molecular weight excluding hydrogens is 314 g/mol. The fraction of sp³-hybridized carbons (Fsp3) is 0.476. The van der Waals surface area contributed by atoms with Gasteiger partial charge < -0.3 is 14.1 Å². The maximum Gasteiger partial charge on any atom is 0.374 e. The SMILES string of the molecule is CCN(CC)CC(C)(C)COC(=O)c1ccc(-c2ccc(C)cc2)o1. The highest BCUT2D eigenvalue weighted by Gasteiger charge is 2.24. The standard InChI is InChI=1S/C21H29NO3/c1-6-22(7-2)14-21(4,5)15-24-20(23)19-13-12-18(25-19)17-10-8-16(3)9-11-17/h8-13H,6-7,14-15H2,1-5H3. The zero-order chi connectivity index (χ0) is 18.4. The van der Waals surface area contributed by atoms with Gasteiger partial charge in [0.05, 0.1) is 6.61 Å². The van der Waals surface area contributed by atoms with Crippen LogP contribution < -0.4 is 0 Å². The van der Waals surface area contributed by atoms with E-state index in [1.165, 1.54) is 5.56 Å². The van der Waals surface area contributed by atoms with Crippen molar-refractivity contribution < 1.29 is 13.9 Å². The molecule has 2 aromatic rings. The molecule has 136 valence electrons. The summed E-state index contributed by atoms with van der Waals surface area (Å²) < 4.78 is 11.2. The van der Waals surface area contributed by atoms with Gasteiger partial charge in [0.15, 0.2) is 0 Å². The molecule has 0 aliphatic rings. The Morgan fingerprint density at radius 2 is 1.72 bits per heavy atom. The number of aryl methyl sites for hydroxylation is 1. The van der Waals surface area contributed by atoms with Gasteiger partial charge in [-0.2, -0.15) is 0 Å². The average Bonchev–Trinajstić information content (AvgIpc) is 3.08. The molecule has 0 unspecified atom stereocenters. The lowest BCUT2D eigenvalue weighted by Gasteiger charge is -2.30. The summed E-state index contributed by atoms with van der Waals surface area (Å²) in [6.45, 7) is 13.8. The van der Waals surface area contributed by atoms with E-state index < -0.39 is 5.97 Å². The van der Waals surface area contributed by atoms with Gasteiger partial charge in [-0.25, -0.2) is 4.79 Å². The number of furan rings is 1. The number of rotatable bonds is 8. The molecule has 0 N–H and O–H groups in total. The highest BCUT2D eigenvalue weighted by atomic mass is 16.5. The minimum atomic E-state index is -0.411. The van der Waals surface area contributed by atoms with E-state index in [1.807, 2.05) is 37.3 Å². The lowest BCUT2D eigenvalue weighted by molar-refractivity contribution is 0.0243. The van der Waals surface area contributed by atoms with Crippen LogP contribution in [0.1, 0.15) is 43.8 Å². The lowest BCUT2D eigenvalue weighted by atomic mass is 9.94. The Balaban J connectivity index is 1.96. The molecule has 0 saturated carbocycles. The molecule has 0 atom stereocenters. The number of hydrogen-bond donors (Lipinski definition) is 0. The van der Waals surface area contributed by atoms with Crippen LogP contribution in [0, 0.1) is 12.3 Å². The Labute approximate surface area is 150 Å². The van der Waals surface area contributed by atoms with Crippen LogP contribution in [0.15, 0.2) is 40.8 Å². The van der Waals surface area contributed by atoms with Crippen LogP contribution in [-0.2, 0) is 4.74 Å². The summed E-state index contributed by atoms with van der Waals surface area (Å²) in [5.41, 5.74) is 2.03. The number of ether oxygens (including phenoxy) is 1. The molecule has 4 nitrogen and oxygen atoms in total. The number of benzene rings is 1. The zero-order valence-corrected chi connectivity index (χ0v) is 16.0. The van der Waals surface area contributed by atoms with E-state index in [1.54, 1.807) is 6.07 Å². The Bertz CT molecular complexity index is 681. The van der Waals surface area contributed by atoms with Crippen molar-refractivity contribution in [3.63, 3.8) is 0 Å². The van der Waals surface area contributed by atoms with E-state index in [9.17, 15) is 4.79 Å². The van der Waals surface area contributed by atoms with E-state index in [4.69, 9.17) is 9.15 Å². The molecular formula is C21H29NO3. The molecule has 0 amide bonds. The Morgan fingerprint density at radius 1 is 1.08 bits per heavy atom. The number of carbonyl (C=O) groups is 1. The Kier molecular flexibility index (Phi) is 6.43. The third-order valence-electron chi connectivity index (χ3n) is 4.28. The van der Waals surface area contributed by atoms with Gasteiger partial charge in [-0.05, 0) is 32.1 Å². The van der Waals surface area contributed by atoms with Gasteiger partial charge >= 0.3 is 5.97 Å². The maximum atomic E-state index is 12.3. The molecule has 0 radical (unpaired) electrons. The summed E-state index contributed by atoms with van der Waals surface area (Å²) in [4.78, 5) is 14.6. The van der Waals surface area contributed by atoms with Gasteiger partial charge in [0.2, 0.25) is 5.76 Å². The van der Waals surface area contributed by atoms with Crippen molar-refractivity contribution in [3.8, 4) is 11.3 Å². The molecule has 0 aliphatic heterocycles. The molecule has 1 aromatic heterocycles. The average molecular weight is 343 g/mol. The second kappa shape index (κ2) is 8.34. The van der Waals surface area contributed by atoms with Crippen LogP contribution >= 0.6 is 0 Å². The number of esters is 1. The number of nitrogens with zero attached hydrogens (tertiary/aromatic N) is 1. The first-order valence-corrected chi connectivity index (χ1v) is 8.91. The molecule has 25 heavy (non-hydrogen) atoms. The van der Waals surface area contributed by atoms with Gasteiger partial charge in [-0.15, -0.1) is 0 Å². The van der Waals surface area contributed by atoms with Crippen molar-refractivity contribution in [1.29, 1.82) is 0 Å². The van der Waals surface area contributed by atoms with E-state index in [2.05, 4.69) is 32.6 Å². The minimum Gasteiger partial charge on any atom is -0.459 e. The highest BCUT2D eigenvalue weighted by molar-refractivity contribution is 5.87. The van der Waals surface area contributed by atoms with Crippen LogP contribution in [0.4, 0.5) is 0 Å². The smallest absolute Gasteiger partial charge is 0.374 e. The van der Waals surface area contributed by atoms with Crippen molar-refractivity contribution in [2.24, 2.45) is 5.41 Å². The van der Waals surface area contributed by atoms with Gasteiger partial charge in [0.25, 0.3) is 0 Å². The summed E-state index contributed by atoms with van der Waals surface area (Å²) in [6.07, 6.45) is 0. The van der Waals surface area contributed by atoms with E-state index in [-0.39, 0.29) is 11.2 Å². The molecule has 2 rings (SSSR count). The van der Waals surface area contributed by atoms with Crippen LogP contribution in [0.25, 0.3) is 11.3 Å². The molecule has 0 fully saturated rings. The fourth-order valence-electron chi connectivity index (χ4n) is 2.75. The van der Waals surface area contributed by atoms with E-state index >= 15 is 0 Å². The Hall–Kier alpha value is -2.07. The van der Waals surface area contributed by atoms with Crippen molar-refractivity contribution in [2.45, 2.75) is 34.6 Å². The molecule has 0 saturated heterocycles. The number of hydrogen-bond acceptors (Lipinski definition) is 4. The molecule has 4 heteroatoms. The van der Waals surface area contributed by atoms with Crippen LogP contribution in [0.5, 0.6) is 0 Å². The van der Waals surface area contributed by atoms with E-state index in [0.717, 1.165) is 25.2 Å². The summed E-state index contributed by atoms with van der Waals surface area (Å²) in [5.74, 6) is 0.509. The van der Waals surface area contributed by atoms with E-state index in [0.29, 0.717) is 12.4 Å². The number of carbonyl (C=O) groups excluding carboxylic acids is 1. The molecule has 0 spiro atoms. The first kappa shape index (κ1) is 19.3. The summed E-state index contributed by atoms with van der Waals surface area (Å²) >= 11 is 0. The zero-order valence-electron chi connectivity index (χ0n) is 16.0. The van der Waals surface area contributed by atoms with Crippen LogP contribution in [0.2, 0.25) is 0 Å². The topological polar surface area (TPSA) is 42.7 Å². The maximum absolute atomic E-state index is 12.3. The van der Waals surface area contributed by atoms with Crippen molar-refractivity contribution >= 4 is 5.97 Å². The minimum absolute atomic E-state index is 0.103. The molecule has 1 heterocycles. The van der Waals surface area contributed by atoms with Gasteiger partial charge in [0, 0.05) is 17.5 Å². The highest BCUT2D eigenvalue weighted by Crippen LogP contribution is 2.24. The van der Waals surface area contributed by atoms with Crippen LogP contribution in [0.3, 0.4) is 0 Å². The van der Waals surface area contributed by atoms with Gasteiger partial charge in [-0.1, -0.05) is 57.5 Å². The predicted molar refractivity (Wildman–Crippen MR) is 101 cm³/mol. The third-order valence-corrected chi connectivity index (χ3v) is 4.28. The second-order valence-electron chi connectivity index (χ2n) is 7.23. The van der Waals surface area contributed by atoms with Gasteiger partial charge in [-0.3, -0.25) is 0 Å². The second-order valence-corrected chi connectivity index (χ2v) is 7.23. The molecule has 1 aromatic carbocycles. The first-order valence-electron chi connectivity index (χ1n) is 8.91. The normalized spacial score (nSPS) is 11.8. The van der Waals surface area contributed by atoms with Crippen molar-refractivity contribution in [3.05, 3.63) is 47.7 Å². The fourth-order valence-corrected chi connectivity index (χ4v) is 2.75. The summed E-state index contributed by atoms with van der Waals surface area (Å²) in [5, 5.41) is 0. The first-order chi connectivity index (χ1) is 11.8. The summed E-state index contributed by atoms with van der Waals surface area (Å²) in [6, 6.07) is 11.5. The van der Waals surface area contributed by atoms with Crippen LogP contribution in [-0.4, -0.2) is 37.1 Å². The quantitative estimate of drug-likeness (QED) is 0.647. The monoisotopic (exact) mass is 343 g/mol. The summed E-state index contributed by atoms with van der Waals surface area (Å²) in [7, 11) is 0. The molecule has 0 aliphatic carbocycles. The Morgan fingerprint density at radius 3 is 2.32 bits per heavy atom. The van der Waals surface area contributed by atoms with Crippen molar-refractivity contribution in [1.82, 2.24) is 4.90 Å².